The van der Waals surface area contributed by atoms with E-state index in [0.717, 1.165) is 35.5 Å². The molecular formula is C49H55N7O4S. The van der Waals surface area contributed by atoms with Gasteiger partial charge in [0.25, 0.3) is 5.91 Å². The number of aryl methyl sites for hydroxylation is 1. The lowest BCUT2D eigenvalue weighted by Crippen LogP contribution is -2.14. The van der Waals surface area contributed by atoms with Crippen molar-refractivity contribution in [2.75, 3.05) is 11.9 Å². The number of anilines is 1. The lowest BCUT2D eigenvalue weighted by atomic mass is 10.0. The fourth-order valence-electron chi connectivity index (χ4n) is 7.39. The molecule has 0 saturated carbocycles. The standard InChI is InChI=1S/C49H55N7O4S/c1-3-4-5-6-7-8-9-10-11-12-13-24-33-59-44-32-23-22-31-43(44)50-47(58)41-34-45(39-29-20-21-30-40(39)46(41)57)60-48-42(36(2)52-55(48)37-25-16-14-17-26-37)35-61-49-51-53-54-56(49)38-27-18-15-19-28-38/h14-23,25-32,34,57H,3-13,24,33,35H2,1-2H3,(H,50,58). The Morgan fingerprint density at radius 2 is 1.30 bits per heavy atom. The first-order valence-electron chi connectivity index (χ1n) is 21.6. The monoisotopic (exact) mass is 837 g/mol. The van der Waals surface area contributed by atoms with E-state index in [2.05, 4.69) is 27.8 Å². The first-order chi connectivity index (χ1) is 30.0. The number of hydrogen-bond donors (Lipinski definition) is 2. The van der Waals surface area contributed by atoms with Crippen LogP contribution in [0.4, 0.5) is 5.69 Å². The molecule has 12 heteroatoms. The molecule has 0 spiro atoms. The molecule has 0 aliphatic rings. The van der Waals surface area contributed by atoms with Crippen LogP contribution in [0.1, 0.15) is 106 Å². The number of tetrazole rings is 1. The largest absolute Gasteiger partial charge is 0.506 e. The van der Waals surface area contributed by atoms with Gasteiger partial charge in [-0.3, -0.25) is 4.79 Å². The first-order valence-corrected chi connectivity index (χ1v) is 22.6. The van der Waals surface area contributed by atoms with Crippen LogP contribution in [0.2, 0.25) is 0 Å². The van der Waals surface area contributed by atoms with Gasteiger partial charge in [-0.05, 0) is 66.2 Å². The second-order valence-electron chi connectivity index (χ2n) is 15.2. The minimum atomic E-state index is -0.495. The third kappa shape index (κ3) is 11.2. The highest BCUT2D eigenvalue weighted by Gasteiger charge is 2.24. The number of carbonyl (C=O) groups is 1. The van der Waals surface area contributed by atoms with Crippen molar-refractivity contribution < 1.29 is 19.4 Å². The van der Waals surface area contributed by atoms with Crippen molar-refractivity contribution in [1.82, 2.24) is 30.0 Å². The number of carbonyl (C=O) groups excluding carboxylic acids is 1. The van der Waals surface area contributed by atoms with Gasteiger partial charge in [-0.25, -0.2) is 4.68 Å². The molecule has 2 heterocycles. The number of rotatable bonds is 23. The van der Waals surface area contributed by atoms with Crippen LogP contribution in [-0.2, 0) is 5.75 Å². The van der Waals surface area contributed by atoms with Crippen molar-refractivity contribution in [1.29, 1.82) is 0 Å². The Morgan fingerprint density at radius 3 is 1.98 bits per heavy atom. The summed E-state index contributed by atoms with van der Waals surface area (Å²) in [4.78, 5) is 14.1. The molecule has 61 heavy (non-hydrogen) atoms. The molecule has 5 aromatic carbocycles. The molecule has 7 aromatic rings. The topological polar surface area (TPSA) is 129 Å². The van der Waals surface area contributed by atoms with Crippen LogP contribution in [0.3, 0.4) is 0 Å². The number of thioether (sulfide) groups is 1. The number of phenolic OH excluding ortho intramolecular Hbond substituents is 1. The summed E-state index contributed by atoms with van der Waals surface area (Å²) in [6, 6.07) is 35.8. The number of phenols is 1. The van der Waals surface area contributed by atoms with Gasteiger partial charge >= 0.3 is 0 Å². The van der Waals surface area contributed by atoms with Crippen LogP contribution in [0.15, 0.2) is 120 Å². The Bertz CT molecular complexity index is 2470. The summed E-state index contributed by atoms with van der Waals surface area (Å²) in [6.07, 6.45) is 15.2. The molecule has 0 atom stereocenters. The van der Waals surface area contributed by atoms with Crippen molar-refractivity contribution in [2.24, 2.45) is 0 Å². The van der Waals surface area contributed by atoms with E-state index in [-0.39, 0.29) is 11.3 Å². The number of benzene rings is 5. The van der Waals surface area contributed by atoms with E-state index in [1.54, 1.807) is 21.5 Å². The maximum Gasteiger partial charge on any atom is 0.259 e. The van der Waals surface area contributed by atoms with Crippen LogP contribution >= 0.6 is 11.8 Å². The Kier molecular flexibility index (Phi) is 15.4. The summed E-state index contributed by atoms with van der Waals surface area (Å²) in [5, 5.41) is 33.7. The number of hydrogen-bond acceptors (Lipinski definition) is 9. The summed E-state index contributed by atoms with van der Waals surface area (Å²) < 4.78 is 16.5. The number of amides is 1. The van der Waals surface area contributed by atoms with Crippen molar-refractivity contribution >= 4 is 34.1 Å². The van der Waals surface area contributed by atoms with Gasteiger partial charge in [0.2, 0.25) is 11.0 Å². The average molecular weight is 838 g/mol. The molecule has 0 fully saturated rings. The van der Waals surface area contributed by atoms with Crippen molar-refractivity contribution in [2.45, 2.75) is 102 Å². The normalized spacial score (nSPS) is 11.2. The van der Waals surface area contributed by atoms with Gasteiger partial charge < -0.3 is 19.9 Å². The number of ether oxygens (including phenoxy) is 2. The zero-order valence-electron chi connectivity index (χ0n) is 35.1. The molecule has 0 aliphatic heterocycles. The number of unbranched alkanes of at least 4 members (excludes halogenated alkanes) is 11. The predicted molar refractivity (Wildman–Crippen MR) is 244 cm³/mol. The first kappa shape index (κ1) is 43.0. The summed E-state index contributed by atoms with van der Waals surface area (Å²) in [5.74, 6) is 1.22. The van der Waals surface area contributed by atoms with Crippen molar-refractivity contribution in [3.63, 3.8) is 0 Å². The molecule has 2 aromatic heterocycles. The zero-order valence-corrected chi connectivity index (χ0v) is 35.9. The molecule has 0 radical (unpaired) electrons. The van der Waals surface area contributed by atoms with Gasteiger partial charge in [0, 0.05) is 22.1 Å². The number of aromatic hydroxyl groups is 1. The average Bonchev–Trinajstić information content (AvgIpc) is 3.89. The summed E-state index contributed by atoms with van der Waals surface area (Å²) >= 11 is 1.46. The molecule has 0 saturated heterocycles. The van der Waals surface area contributed by atoms with E-state index >= 15 is 0 Å². The number of aromatic nitrogens is 6. The van der Waals surface area contributed by atoms with E-state index in [0.29, 0.717) is 51.4 Å². The molecule has 316 valence electrons. The minimum absolute atomic E-state index is 0.0601. The fourth-order valence-corrected chi connectivity index (χ4v) is 8.35. The quantitative estimate of drug-likeness (QED) is 0.0478. The second kappa shape index (κ2) is 21.9. The zero-order chi connectivity index (χ0) is 42.2. The lowest BCUT2D eigenvalue weighted by Gasteiger charge is -2.17. The molecule has 0 aliphatic carbocycles. The Morgan fingerprint density at radius 1 is 0.705 bits per heavy atom. The molecule has 0 bridgehead atoms. The van der Waals surface area contributed by atoms with Gasteiger partial charge in [0.1, 0.15) is 17.2 Å². The smallest absolute Gasteiger partial charge is 0.259 e. The number of fused-ring (bicyclic) bond motifs is 1. The highest BCUT2D eigenvalue weighted by atomic mass is 32.2. The highest BCUT2D eigenvalue weighted by Crippen LogP contribution is 2.41. The van der Waals surface area contributed by atoms with Crippen molar-refractivity contribution in [3.8, 4) is 34.5 Å². The molecule has 11 nitrogen and oxygen atoms in total. The SMILES string of the molecule is CCCCCCCCCCCCCCOc1ccccc1NC(=O)c1cc(Oc2c(CSc3nnnn3-c3ccccc3)c(C)nn2-c2ccccc2)c2ccccc2c1O. The maximum absolute atomic E-state index is 14.1. The minimum Gasteiger partial charge on any atom is -0.506 e. The second-order valence-corrected chi connectivity index (χ2v) is 16.2. The fraction of sp³-hybridized carbons (Fsp3) is 0.327. The van der Waals surface area contributed by atoms with Crippen molar-refractivity contribution in [3.05, 3.63) is 132 Å². The third-order valence-corrected chi connectivity index (χ3v) is 11.7. The molecule has 2 N–H and O–H groups in total. The van der Waals surface area contributed by atoms with E-state index in [1.165, 1.54) is 76.0 Å². The highest BCUT2D eigenvalue weighted by molar-refractivity contribution is 7.98. The Balaban J connectivity index is 1.07. The third-order valence-electron chi connectivity index (χ3n) is 10.7. The molecule has 7 rings (SSSR count). The van der Waals surface area contributed by atoms with Crippen LogP contribution in [0.5, 0.6) is 23.1 Å². The van der Waals surface area contributed by atoms with Crippen LogP contribution in [-0.4, -0.2) is 47.6 Å². The van der Waals surface area contributed by atoms with Crippen LogP contribution in [0.25, 0.3) is 22.1 Å². The molecule has 0 unspecified atom stereocenters. The summed E-state index contributed by atoms with van der Waals surface area (Å²) in [6.45, 7) is 4.76. The predicted octanol–water partition coefficient (Wildman–Crippen LogP) is 12.4. The summed E-state index contributed by atoms with van der Waals surface area (Å²) in [5.41, 5.74) is 3.80. The van der Waals surface area contributed by atoms with E-state index in [1.807, 2.05) is 110 Å². The Hall–Kier alpha value is -6.14. The van der Waals surface area contributed by atoms with Gasteiger partial charge in [-0.1, -0.05) is 162 Å². The van der Waals surface area contributed by atoms with E-state index < -0.39 is 5.91 Å². The number of para-hydroxylation sites is 4. The van der Waals surface area contributed by atoms with Crippen LogP contribution < -0.4 is 14.8 Å². The van der Waals surface area contributed by atoms with Gasteiger partial charge in [-0.2, -0.15) is 9.78 Å². The lowest BCUT2D eigenvalue weighted by molar-refractivity contribution is 0.102. The van der Waals surface area contributed by atoms with Crippen LogP contribution in [0, 0.1) is 6.92 Å². The van der Waals surface area contributed by atoms with Gasteiger partial charge in [-0.15, -0.1) is 5.10 Å². The number of nitrogens with one attached hydrogen (secondary N) is 1. The van der Waals surface area contributed by atoms with E-state index in [4.69, 9.17) is 14.6 Å². The molecular weight excluding hydrogens is 783 g/mol. The maximum atomic E-state index is 14.1. The van der Waals surface area contributed by atoms with Gasteiger partial charge in [0.15, 0.2) is 0 Å². The van der Waals surface area contributed by atoms with Gasteiger partial charge in [0.05, 0.1) is 34.9 Å². The Labute approximate surface area is 362 Å². The summed E-state index contributed by atoms with van der Waals surface area (Å²) in [7, 11) is 0. The van der Waals surface area contributed by atoms with E-state index in [9.17, 15) is 9.90 Å². The number of nitrogens with zero attached hydrogens (tertiary/aromatic N) is 6. The molecule has 1 amide bonds.